The van der Waals surface area contributed by atoms with Gasteiger partial charge in [-0.05, 0) is 25.1 Å². The summed E-state index contributed by atoms with van der Waals surface area (Å²) in [5.74, 6) is -0.458. The molecular formula is C14H31O5PSi. The Morgan fingerprint density at radius 3 is 1.81 bits per heavy atom. The molecule has 0 unspecified atom stereocenters. The Kier molecular flexibility index (Phi) is 9.21. The van der Waals surface area contributed by atoms with Gasteiger partial charge in [-0.1, -0.05) is 27.7 Å². The Labute approximate surface area is 130 Å². The molecule has 0 rings (SSSR count). The molecule has 0 saturated carbocycles. The van der Waals surface area contributed by atoms with Crippen LogP contribution in [0.1, 0.15) is 34.6 Å². The third-order valence-electron chi connectivity index (χ3n) is 4.49. The molecule has 0 fully saturated rings. The molecule has 0 aromatic carbocycles. The van der Waals surface area contributed by atoms with E-state index in [2.05, 4.69) is 20.8 Å². The number of Topliss-reactive ketones (excluding diaryl/α,β-unsaturated/α-hetero) is 1. The van der Waals surface area contributed by atoms with Crippen molar-refractivity contribution in [3.63, 3.8) is 0 Å². The normalized spacial score (nSPS) is 15.8. The number of carbonyl (C=O) groups is 1. The van der Waals surface area contributed by atoms with Gasteiger partial charge < -0.3 is 13.5 Å². The zero-order chi connectivity index (χ0) is 16.7. The van der Waals surface area contributed by atoms with E-state index in [9.17, 15) is 9.36 Å². The lowest BCUT2D eigenvalue weighted by atomic mass is 10.0. The van der Waals surface area contributed by atoms with Gasteiger partial charge in [0.2, 0.25) is 0 Å². The number of carbonyl (C=O) groups excluding carboxylic acids is 1. The maximum atomic E-state index is 12.3. The average molecular weight is 338 g/mol. The van der Waals surface area contributed by atoms with Crippen LogP contribution in [0.5, 0.6) is 0 Å². The predicted octanol–water partition coefficient (Wildman–Crippen LogP) is 4.09. The van der Waals surface area contributed by atoms with Crippen LogP contribution in [-0.4, -0.2) is 40.6 Å². The fraction of sp³-hybridized carbons (Fsp3) is 0.929. The van der Waals surface area contributed by atoms with Crippen molar-refractivity contribution in [1.82, 2.24) is 0 Å². The minimum absolute atomic E-state index is 0.138. The maximum Gasteiger partial charge on any atom is 0.337 e. The largest absolute Gasteiger partial charge is 0.414 e. The van der Waals surface area contributed by atoms with Gasteiger partial charge in [-0.3, -0.25) is 9.36 Å². The summed E-state index contributed by atoms with van der Waals surface area (Å²) in [5.41, 5.74) is 0. The Balaban J connectivity index is 4.81. The quantitative estimate of drug-likeness (QED) is 0.419. The first-order valence-corrected chi connectivity index (χ1v) is 11.9. The smallest absolute Gasteiger partial charge is 0.337 e. The van der Waals surface area contributed by atoms with Gasteiger partial charge in [-0.2, -0.15) is 0 Å². The SMILES string of the molecule is CC[Si](CC)(CC)O[C@@H](C)[C@@H](C)C(=O)CP(=O)(OC)OC. The van der Waals surface area contributed by atoms with Crippen molar-refractivity contribution < 1.29 is 22.8 Å². The van der Waals surface area contributed by atoms with Crippen LogP contribution >= 0.6 is 7.60 Å². The van der Waals surface area contributed by atoms with E-state index in [0.717, 1.165) is 18.1 Å². The van der Waals surface area contributed by atoms with Crippen LogP contribution in [0, 0.1) is 5.92 Å². The van der Waals surface area contributed by atoms with E-state index in [1.54, 1.807) is 0 Å². The zero-order valence-corrected chi connectivity index (χ0v) is 16.4. The van der Waals surface area contributed by atoms with Crippen molar-refractivity contribution in [2.24, 2.45) is 5.92 Å². The van der Waals surface area contributed by atoms with Crippen molar-refractivity contribution >= 4 is 21.7 Å². The van der Waals surface area contributed by atoms with Gasteiger partial charge in [-0.15, -0.1) is 0 Å². The van der Waals surface area contributed by atoms with Gasteiger partial charge >= 0.3 is 7.60 Å². The summed E-state index contributed by atoms with van der Waals surface area (Å²) < 4.78 is 28.0. The molecule has 21 heavy (non-hydrogen) atoms. The molecule has 7 heteroatoms. The van der Waals surface area contributed by atoms with Gasteiger partial charge in [0.05, 0.1) is 6.10 Å². The van der Waals surface area contributed by atoms with E-state index in [-0.39, 0.29) is 24.0 Å². The summed E-state index contributed by atoms with van der Waals surface area (Å²) in [4.78, 5) is 12.3. The summed E-state index contributed by atoms with van der Waals surface area (Å²) >= 11 is 0. The topological polar surface area (TPSA) is 61.8 Å². The first-order valence-electron chi connectivity index (χ1n) is 7.64. The highest BCUT2D eigenvalue weighted by molar-refractivity contribution is 7.54. The van der Waals surface area contributed by atoms with Crippen molar-refractivity contribution in [2.75, 3.05) is 20.4 Å². The molecule has 0 amide bonds. The Morgan fingerprint density at radius 1 is 1.05 bits per heavy atom. The molecule has 126 valence electrons. The number of ketones is 1. The fourth-order valence-electron chi connectivity index (χ4n) is 2.30. The van der Waals surface area contributed by atoms with E-state index < -0.39 is 15.9 Å². The molecule has 0 N–H and O–H groups in total. The lowest BCUT2D eigenvalue weighted by molar-refractivity contribution is -0.122. The Bertz CT molecular complexity index is 354. The van der Waals surface area contributed by atoms with Crippen LogP contribution in [-0.2, 0) is 22.8 Å². The molecule has 0 aromatic rings. The molecule has 0 heterocycles. The van der Waals surface area contributed by atoms with E-state index in [0.29, 0.717) is 0 Å². The van der Waals surface area contributed by atoms with E-state index in [1.807, 2.05) is 13.8 Å². The second-order valence-corrected chi connectivity index (χ2v) is 12.4. The van der Waals surface area contributed by atoms with Crippen molar-refractivity contribution in [3.05, 3.63) is 0 Å². The van der Waals surface area contributed by atoms with E-state index in [1.165, 1.54) is 14.2 Å². The highest BCUT2D eigenvalue weighted by atomic mass is 31.2. The first kappa shape index (κ1) is 21.0. The third kappa shape index (κ3) is 5.95. The molecule has 0 aliphatic heterocycles. The molecule has 0 spiro atoms. The molecule has 0 radical (unpaired) electrons. The lowest BCUT2D eigenvalue weighted by Crippen LogP contribution is -2.42. The summed E-state index contributed by atoms with van der Waals surface area (Å²) in [6.45, 7) is 10.2. The maximum absolute atomic E-state index is 12.3. The molecule has 5 nitrogen and oxygen atoms in total. The number of rotatable bonds is 11. The lowest BCUT2D eigenvalue weighted by Gasteiger charge is -2.34. The van der Waals surface area contributed by atoms with Crippen molar-refractivity contribution in [3.8, 4) is 0 Å². The Hall–Kier alpha value is -0.00312. The second-order valence-electron chi connectivity index (χ2n) is 5.46. The van der Waals surface area contributed by atoms with Gasteiger partial charge in [0, 0.05) is 20.1 Å². The van der Waals surface area contributed by atoms with Crippen LogP contribution in [0.4, 0.5) is 0 Å². The van der Waals surface area contributed by atoms with Crippen molar-refractivity contribution in [1.29, 1.82) is 0 Å². The summed E-state index contributed by atoms with van der Waals surface area (Å²) in [5, 5.41) is 0. The van der Waals surface area contributed by atoms with E-state index >= 15 is 0 Å². The Morgan fingerprint density at radius 2 is 1.48 bits per heavy atom. The van der Waals surface area contributed by atoms with E-state index in [4.69, 9.17) is 13.5 Å². The number of hydrogen-bond acceptors (Lipinski definition) is 5. The minimum Gasteiger partial charge on any atom is -0.414 e. The van der Waals surface area contributed by atoms with Crippen molar-refractivity contribution in [2.45, 2.75) is 58.9 Å². The summed E-state index contributed by atoms with van der Waals surface area (Å²) in [6, 6.07) is 3.12. The number of hydrogen-bond donors (Lipinski definition) is 0. The van der Waals surface area contributed by atoms with Crippen LogP contribution < -0.4 is 0 Å². The van der Waals surface area contributed by atoms with Crippen LogP contribution in [0.2, 0.25) is 18.1 Å². The molecular weight excluding hydrogens is 307 g/mol. The standard InChI is InChI=1S/C14H31O5PSi/c1-8-21(9-2,10-3)19-13(5)12(4)14(15)11-20(16,17-6)18-7/h12-13H,8-11H2,1-7H3/t12-,13+/m1/s1. The minimum atomic E-state index is -3.30. The average Bonchev–Trinajstić information content (AvgIpc) is 2.51. The molecule has 2 atom stereocenters. The molecule has 0 aromatic heterocycles. The van der Waals surface area contributed by atoms with Crippen LogP contribution in [0.3, 0.4) is 0 Å². The molecule has 0 aliphatic carbocycles. The zero-order valence-electron chi connectivity index (χ0n) is 14.5. The van der Waals surface area contributed by atoms with Gasteiger partial charge in [0.1, 0.15) is 11.9 Å². The molecule has 0 aliphatic rings. The van der Waals surface area contributed by atoms with Gasteiger partial charge in [0.25, 0.3) is 0 Å². The monoisotopic (exact) mass is 338 g/mol. The predicted molar refractivity (Wildman–Crippen MR) is 88.4 cm³/mol. The molecule has 0 bridgehead atoms. The third-order valence-corrected chi connectivity index (χ3v) is 11.0. The second kappa shape index (κ2) is 9.21. The highest BCUT2D eigenvalue weighted by Crippen LogP contribution is 2.46. The fourth-order valence-corrected chi connectivity index (χ4v) is 6.37. The van der Waals surface area contributed by atoms with Crippen LogP contribution in [0.15, 0.2) is 0 Å². The molecule has 0 saturated heterocycles. The first-order chi connectivity index (χ1) is 9.73. The van der Waals surface area contributed by atoms with Gasteiger partial charge in [-0.25, -0.2) is 0 Å². The highest BCUT2D eigenvalue weighted by Gasteiger charge is 2.36. The van der Waals surface area contributed by atoms with Gasteiger partial charge in [0.15, 0.2) is 8.32 Å². The van der Waals surface area contributed by atoms with Crippen LogP contribution in [0.25, 0.3) is 0 Å². The summed E-state index contributed by atoms with van der Waals surface area (Å²) in [7, 11) is -2.45. The summed E-state index contributed by atoms with van der Waals surface area (Å²) in [6.07, 6.45) is -0.375.